The van der Waals surface area contributed by atoms with Gasteiger partial charge in [0, 0.05) is 18.2 Å². The third-order valence-electron chi connectivity index (χ3n) is 4.18. The highest BCUT2D eigenvalue weighted by molar-refractivity contribution is 8.15. The van der Waals surface area contributed by atoms with Crippen LogP contribution in [0.2, 0.25) is 0 Å². The summed E-state index contributed by atoms with van der Waals surface area (Å²) in [5.41, 5.74) is 2.87. The van der Waals surface area contributed by atoms with Crippen LogP contribution in [0.15, 0.2) is 23.2 Å². The van der Waals surface area contributed by atoms with E-state index in [0.717, 1.165) is 21.7 Å². The molecule has 2 rings (SSSR count). The van der Waals surface area contributed by atoms with Crippen molar-refractivity contribution >= 4 is 40.2 Å². The topological polar surface area (TPSA) is 92.1 Å². The molecule has 1 heterocycles. The number of hydrogen-bond donors (Lipinski definition) is 3. The molecular formula is C20H29N4O3S+. The van der Waals surface area contributed by atoms with Crippen molar-refractivity contribution in [2.75, 3.05) is 25.5 Å². The first kappa shape index (κ1) is 22.1. The molecule has 0 radical (unpaired) electrons. The average Bonchev–Trinajstić information content (AvgIpc) is 2.88. The SMILES string of the molecule is Cc1ccc(NC(=O)C[C@H]2SC(C[NH+](C)CC(=O)NC(C)C)=NC2=O)c(C)c1. The Morgan fingerprint density at radius 2 is 1.96 bits per heavy atom. The molecule has 2 atom stereocenters. The molecule has 1 unspecified atom stereocenters. The molecule has 8 heteroatoms. The third kappa shape index (κ3) is 6.76. The Hall–Kier alpha value is -2.19. The van der Waals surface area contributed by atoms with E-state index in [1.54, 1.807) is 0 Å². The molecule has 7 nitrogen and oxygen atoms in total. The van der Waals surface area contributed by atoms with Gasteiger partial charge in [0.15, 0.2) is 6.54 Å². The summed E-state index contributed by atoms with van der Waals surface area (Å²) in [6, 6.07) is 5.91. The molecule has 1 aromatic rings. The number of benzene rings is 1. The summed E-state index contributed by atoms with van der Waals surface area (Å²) in [4.78, 5) is 41.4. The van der Waals surface area contributed by atoms with Crippen molar-refractivity contribution in [3.8, 4) is 0 Å². The van der Waals surface area contributed by atoms with E-state index in [1.165, 1.54) is 11.8 Å². The van der Waals surface area contributed by atoms with Crippen molar-refractivity contribution in [3.05, 3.63) is 29.3 Å². The standard InChI is InChI=1S/C20H28N4O3S/c1-12(2)21-18(26)10-24(5)11-19-23-20(27)16(28-19)9-17(25)22-15-7-6-13(3)8-14(15)4/h6-8,12,16H,9-11H2,1-5H3,(H,21,26)(H,22,25)/p+1/t16-/m1/s1. The van der Waals surface area contributed by atoms with Crippen molar-refractivity contribution in [2.45, 2.75) is 45.4 Å². The van der Waals surface area contributed by atoms with Gasteiger partial charge in [-0.05, 0) is 39.3 Å². The van der Waals surface area contributed by atoms with Crippen LogP contribution < -0.4 is 15.5 Å². The van der Waals surface area contributed by atoms with Crippen molar-refractivity contribution in [1.82, 2.24) is 5.32 Å². The van der Waals surface area contributed by atoms with Crippen LogP contribution in [0.4, 0.5) is 5.69 Å². The van der Waals surface area contributed by atoms with Crippen LogP contribution in [0, 0.1) is 13.8 Å². The second kappa shape index (κ2) is 9.84. The van der Waals surface area contributed by atoms with Crippen molar-refractivity contribution in [3.63, 3.8) is 0 Å². The Bertz CT molecular complexity index is 792. The number of likely N-dealkylation sites (N-methyl/N-ethyl adjacent to an activating group) is 1. The summed E-state index contributed by atoms with van der Waals surface area (Å²) in [6.07, 6.45) is 0.0801. The number of rotatable bonds is 8. The minimum absolute atomic E-state index is 0.0354. The van der Waals surface area contributed by atoms with E-state index in [1.807, 2.05) is 52.9 Å². The summed E-state index contributed by atoms with van der Waals surface area (Å²) in [7, 11) is 1.88. The number of aryl methyl sites for hydroxylation is 2. The number of aliphatic imine (C=N–C) groups is 1. The largest absolute Gasteiger partial charge is 0.349 e. The van der Waals surface area contributed by atoms with Crippen LogP contribution in [0.1, 0.15) is 31.4 Å². The molecule has 28 heavy (non-hydrogen) atoms. The normalized spacial score (nSPS) is 17.4. The lowest BCUT2D eigenvalue weighted by Gasteiger charge is -2.15. The van der Waals surface area contributed by atoms with E-state index in [2.05, 4.69) is 15.6 Å². The van der Waals surface area contributed by atoms with Crippen LogP contribution in [0.5, 0.6) is 0 Å². The van der Waals surface area contributed by atoms with Gasteiger partial charge in [0.1, 0.15) is 16.8 Å². The number of nitrogens with one attached hydrogen (secondary N) is 3. The smallest absolute Gasteiger partial charge is 0.275 e. The molecule has 1 aliphatic rings. The Labute approximate surface area is 170 Å². The Balaban J connectivity index is 1.83. The lowest BCUT2D eigenvalue weighted by atomic mass is 10.1. The zero-order valence-corrected chi connectivity index (χ0v) is 17.9. The third-order valence-corrected chi connectivity index (χ3v) is 5.34. The molecule has 152 valence electrons. The van der Waals surface area contributed by atoms with E-state index in [-0.39, 0.29) is 30.2 Å². The van der Waals surface area contributed by atoms with Gasteiger partial charge in [0.25, 0.3) is 11.8 Å². The second-order valence-electron chi connectivity index (χ2n) is 7.55. The first-order chi connectivity index (χ1) is 13.1. The van der Waals surface area contributed by atoms with E-state index in [9.17, 15) is 14.4 Å². The van der Waals surface area contributed by atoms with Gasteiger partial charge in [-0.1, -0.05) is 29.5 Å². The quantitative estimate of drug-likeness (QED) is 0.594. The Kier molecular flexibility index (Phi) is 7.77. The summed E-state index contributed by atoms with van der Waals surface area (Å²) in [5.74, 6) is -0.520. The first-order valence-electron chi connectivity index (χ1n) is 9.40. The van der Waals surface area contributed by atoms with Gasteiger partial charge in [-0.2, -0.15) is 0 Å². The van der Waals surface area contributed by atoms with Crippen LogP contribution >= 0.6 is 11.8 Å². The predicted octanol–water partition coefficient (Wildman–Crippen LogP) is 0.712. The van der Waals surface area contributed by atoms with Gasteiger partial charge in [-0.3, -0.25) is 14.4 Å². The summed E-state index contributed by atoms with van der Waals surface area (Å²) < 4.78 is 0. The second-order valence-corrected chi connectivity index (χ2v) is 8.83. The van der Waals surface area contributed by atoms with Gasteiger partial charge in [0.05, 0.1) is 7.05 Å². The first-order valence-corrected chi connectivity index (χ1v) is 10.3. The highest BCUT2D eigenvalue weighted by Gasteiger charge is 2.32. The number of carbonyl (C=O) groups is 3. The monoisotopic (exact) mass is 405 g/mol. The lowest BCUT2D eigenvalue weighted by molar-refractivity contribution is -0.861. The molecule has 0 saturated heterocycles. The lowest BCUT2D eigenvalue weighted by Crippen LogP contribution is -3.11. The number of carbonyl (C=O) groups excluding carboxylic acids is 3. The van der Waals surface area contributed by atoms with Gasteiger partial charge >= 0.3 is 0 Å². The molecule has 0 bridgehead atoms. The number of thioether (sulfide) groups is 1. The average molecular weight is 406 g/mol. The predicted molar refractivity (Wildman–Crippen MR) is 113 cm³/mol. The highest BCUT2D eigenvalue weighted by atomic mass is 32.2. The maximum Gasteiger partial charge on any atom is 0.275 e. The Morgan fingerprint density at radius 3 is 2.61 bits per heavy atom. The summed E-state index contributed by atoms with van der Waals surface area (Å²) >= 11 is 1.32. The van der Waals surface area contributed by atoms with Crippen LogP contribution in [0.3, 0.4) is 0 Å². The molecule has 0 aliphatic carbocycles. The van der Waals surface area contributed by atoms with Gasteiger partial charge in [-0.25, -0.2) is 4.99 Å². The zero-order chi connectivity index (χ0) is 20.8. The maximum atomic E-state index is 12.3. The summed E-state index contributed by atoms with van der Waals surface area (Å²) in [6.45, 7) is 8.55. The molecule has 0 aromatic heterocycles. The molecule has 1 aromatic carbocycles. The zero-order valence-electron chi connectivity index (χ0n) is 17.1. The summed E-state index contributed by atoms with van der Waals surface area (Å²) in [5, 5.41) is 5.89. The van der Waals surface area contributed by atoms with Crippen molar-refractivity contribution < 1.29 is 19.3 Å². The van der Waals surface area contributed by atoms with Crippen LogP contribution in [-0.2, 0) is 14.4 Å². The van der Waals surface area contributed by atoms with E-state index in [4.69, 9.17) is 0 Å². The number of quaternary nitrogens is 1. The van der Waals surface area contributed by atoms with Gasteiger partial charge in [0.2, 0.25) is 5.91 Å². The number of amides is 3. The molecule has 0 saturated carbocycles. The van der Waals surface area contributed by atoms with Gasteiger partial charge < -0.3 is 15.5 Å². The fourth-order valence-corrected chi connectivity index (χ4v) is 4.13. The molecule has 1 aliphatic heterocycles. The fourth-order valence-electron chi connectivity index (χ4n) is 2.94. The number of nitrogens with zero attached hydrogens (tertiary/aromatic N) is 1. The van der Waals surface area contributed by atoms with Crippen molar-refractivity contribution in [2.24, 2.45) is 4.99 Å². The van der Waals surface area contributed by atoms with Crippen molar-refractivity contribution in [1.29, 1.82) is 0 Å². The molecule has 3 N–H and O–H groups in total. The fraction of sp³-hybridized carbons (Fsp3) is 0.500. The number of hydrogen-bond acceptors (Lipinski definition) is 4. The maximum absolute atomic E-state index is 12.3. The highest BCUT2D eigenvalue weighted by Crippen LogP contribution is 2.25. The van der Waals surface area contributed by atoms with E-state index >= 15 is 0 Å². The van der Waals surface area contributed by atoms with Crippen LogP contribution in [0.25, 0.3) is 0 Å². The van der Waals surface area contributed by atoms with E-state index < -0.39 is 5.25 Å². The Morgan fingerprint density at radius 1 is 1.25 bits per heavy atom. The van der Waals surface area contributed by atoms with E-state index in [0.29, 0.717) is 18.1 Å². The minimum Gasteiger partial charge on any atom is -0.349 e. The molecule has 0 fully saturated rings. The van der Waals surface area contributed by atoms with Gasteiger partial charge in [-0.15, -0.1) is 0 Å². The molecule has 3 amide bonds. The minimum atomic E-state index is -0.502. The molecular weight excluding hydrogens is 376 g/mol. The van der Waals surface area contributed by atoms with Crippen LogP contribution in [-0.4, -0.2) is 54.2 Å². The molecule has 0 spiro atoms. The number of anilines is 1.